The Morgan fingerprint density at radius 3 is 2.32 bits per heavy atom. The summed E-state index contributed by atoms with van der Waals surface area (Å²) in [7, 11) is -0.410. The number of rotatable bonds is 11. The summed E-state index contributed by atoms with van der Waals surface area (Å²) in [5.74, 6) is 1.87. The zero-order valence-corrected chi connectivity index (χ0v) is 20.9. The fourth-order valence-corrected chi connectivity index (χ4v) is 5.46. The Labute approximate surface area is 202 Å². The predicted octanol–water partition coefficient (Wildman–Crippen LogP) is 3.39. The van der Waals surface area contributed by atoms with Gasteiger partial charge in [0.15, 0.2) is 0 Å². The average Bonchev–Trinajstić information content (AvgIpc) is 2.86. The van der Waals surface area contributed by atoms with Crippen LogP contribution in [-0.2, 0) is 21.2 Å². The first-order valence-electron chi connectivity index (χ1n) is 11.6. The van der Waals surface area contributed by atoms with E-state index >= 15 is 0 Å². The SMILES string of the molecule is COc1ccc(OC[C@H](C)NC(=O)CCc2cc(S(=O)(=O)N3CCCCC3)ccc2OC)cc1. The number of amides is 1. The highest BCUT2D eigenvalue weighted by molar-refractivity contribution is 7.89. The minimum atomic E-state index is -3.55. The van der Waals surface area contributed by atoms with E-state index in [1.54, 1.807) is 29.6 Å². The molecule has 0 saturated carbocycles. The minimum Gasteiger partial charge on any atom is -0.497 e. The monoisotopic (exact) mass is 490 g/mol. The molecule has 1 aliphatic rings. The largest absolute Gasteiger partial charge is 0.497 e. The topological polar surface area (TPSA) is 94.2 Å². The lowest BCUT2D eigenvalue weighted by atomic mass is 10.1. The molecule has 1 fully saturated rings. The van der Waals surface area contributed by atoms with Crippen molar-refractivity contribution in [2.24, 2.45) is 0 Å². The normalized spacial score (nSPS) is 15.4. The highest BCUT2D eigenvalue weighted by Crippen LogP contribution is 2.27. The lowest BCUT2D eigenvalue weighted by Crippen LogP contribution is -2.37. The van der Waals surface area contributed by atoms with Crippen LogP contribution in [0.15, 0.2) is 47.4 Å². The first-order chi connectivity index (χ1) is 16.3. The fraction of sp³-hybridized carbons (Fsp3) is 0.480. The predicted molar refractivity (Wildman–Crippen MR) is 130 cm³/mol. The number of aryl methyl sites for hydroxylation is 1. The molecule has 0 aliphatic carbocycles. The van der Waals surface area contributed by atoms with Crippen molar-refractivity contribution in [2.75, 3.05) is 33.9 Å². The average molecular weight is 491 g/mol. The number of carbonyl (C=O) groups excluding carboxylic acids is 1. The minimum absolute atomic E-state index is 0.142. The molecule has 2 aromatic rings. The van der Waals surface area contributed by atoms with Crippen LogP contribution in [0.2, 0.25) is 0 Å². The molecular formula is C25H34N2O6S. The van der Waals surface area contributed by atoms with Gasteiger partial charge in [-0.15, -0.1) is 0 Å². The summed E-state index contributed by atoms with van der Waals surface area (Å²) in [5.41, 5.74) is 0.692. The van der Waals surface area contributed by atoms with Gasteiger partial charge < -0.3 is 19.5 Å². The van der Waals surface area contributed by atoms with Gasteiger partial charge in [0.2, 0.25) is 15.9 Å². The summed E-state index contributed by atoms with van der Waals surface area (Å²) in [6.07, 6.45) is 3.38. The van der Waals surface area contributed by atoms with Gasteiger partial charge >= 0.3 is 0 Å². The molecule has 9 heteroatoms. The van der Waals surface area contributed by atoms with Crippen molar-refractivity contribution < 1.29 is 27.4 Å². The van der Waals surface area contributed by atoms with Gasteiger partial charge in [-0.25, -0.2) is 8.42 Å². The first-order valence-corrected chi connectivity index (χ1v) is 13.0. The van der Waals surface area contributed by atoms with Crippen molar-refractivity contribution in [1.82, 2.24) is 9.62 Å². The third kappa shape index (κ3) is 6.87. The van der Waals surface area contributed by atoms with Crippen molar-refractivity contribution in [3.63, 3.8) is 0 Å². The van der Waals surface area contributed by atoms with Crippen LogP contribution in [0, 0.1) is 0 Å². The van der Waals surface area contributed by atoms with E-state index in [0.29, 0.717) is 43.2 Å². The van der Waals surface area contributed by atoms with Crippen LogP contribution >= 0.6 is 0 Å². The van der Waals surface area contributed by atoms with Crippen molar-refractivity contribution in [1.29, 1.82) is 0 Å². The molecule has 0 unspecified atom stereocenters. The maximum absolute atomic E-state index is 13.0. The van der Waals surface area contributed by atoms with Crippen LogP contribution in [-0.4, -0.2) is 58.6 Å². The molecule has 0 aromatic heterocycles. The lowest BCUT2D eigenvalue weighted by Gasteiger charge is -2.26. The van der Waals surface area contributed by atoms with Crippen molar-refractivity contribution in [2.45, 2.75) is 50.0 Å². The molecule has 1 atom stereocenters. The standard InChI is InChI=1S/C25H34N2O6S/c1-19(18-33-22-10-8-21(31-2)9-11-22)26-25(28)14-7-20-17-23(12-13-24(20)32-3)34(29,30)27-15-5-4-6-16-27/h8-13,17,19H,4-7,14-16,18H2,1-3H3,(H,26,28)/t19-/m0/s1. The quantitative estimate of drug-likeness (QED) is 0.519. The number of methoxy groups -OCH3 is 2. The van der Waals surface area contributed by atoms with Gasteiger partial charge in [0.1, 0.15) is 23.9 Å². The van der Waals surface area contributed by atoms with E-state index in [0.717, 1.165) is 25.0 Å². The molecule has 0 bridgehead atoms. The summed E-state index contributed by atoms with van der Waals surface area (Å²) in [5, 5.41) is 2.92. The summed E-state index contributed by atoms with van der Waals surface area (Å²) in [4.78, 5) is 12.7. The molecule has 1 amide bonds. The summed E-state index contributed by atoms with van der Waals surface area (Å²) < 4.78 is 43.9. The first kappa shape index (κ1) is 25.8. The van der Waals surface area contributed by atoms with Crippen LogP contribution in [0.1, 0.15) is 38.2 Å². The molecule has 1 heterocycles. The summed E-state index contributed by atoms with van der Waals surface area (Å²) in [6.45, 7) is 3.28. The summed E-state index contributed by atoms with van der Waals surface area (Å²) >= 11 is 0. The highest BCUT2D eigenvalue weighted by atomic mass is 32.2. The van der Waals surface area contributed by atoms with E-state index in [4.69, 9.17) is 14.2 Å². The molecule has 1 N–H and O–H groups in total. The van der Waals surface area contributed by atoms with Gasteiger partial charge in [0.05, 0.1) is 25.2 Å². The van der Waals surface area contributed by atoms with Gasteiger partial charge in [-0.3, -0.25) is 4.79 Å². The fourth-order valence-electron chi connectivity index (χ4n) is 3.90. The Kier molecular flexibility index (Phi) is 9.18. The Hall–Kier alpha value is -2.78. The van der Waals surface area contributed by atoms with E-state index in [1.807, 2.05) is 31.2 Å². The molecule has 186 valence electrons. The molecule has 1 aliphatic heterocycles. The highest BCUT2D eigenvalue weighted by Gasteiger charge is 2.26. The van der Waals surface area contributed by atoms with Gasteiger partial charge in [0, 0.05) is 19.5 Å². The lowest BCUT2D eigenvalue weighted by molar-refractivity contribution is -0.121. The Balaban J connectivity index is 1.55. The number of nitrogens with one attached hydrogen (secondary N) is 1. The van der Waals surface area contributed by atoms with E-state index in [2.05, 4.69) is 5.32 Å². The van der Waals surface area contributed by atoms with Crippen LogP contribution in [0.4, 0.5) is 0 Å². The summed E-state index contributed by atoms with van der Waals surface area (Å²) in [6, 6.07) is 11.9. The molecule has 1 saturated heterocycles. The molecule has 2 aromatic carbocycles. The molecule has 0 radical (unpaired) electrons. The van der Waals surface area contributed by atoms with E-state index in [1.165, 1.54) is 7.11 Å². The Morgan fingerprint density at radius 1 is 1.00 bits per heavy atom. The van der Waals surface area contributed by atoms with Crippen LogP contribution in [0.3, 0.4) is 0 Å². The van der Waals surface area contributed by atoms with E-state index in [-0.39, 0.29) is 23.3 Å². The number of piperidine rings is 1. The molecule has 8 nitrogen and oxygen atoms in total. The second-order valence-electron chi connectivity index (χ2n) is 8.39. The van der Waals surface area contributed by atoms with E-state index in [9.17, 15) is 13.2 Å². The molecular weight excluding hydrogens is 456 g/mol. The molecule has 0 spiro atoms. The number of hydrogen-bond donors (Lipinski definition) is 1. The maximum Gasteiger partial charge on any atom is 0.243 e. The van der Waals surface area contributed by atoms with Crippen LogP contribution in [0.25, 0.3) is 0 Å². The number of sulfonamides is 1. The van der Waals surface area contributed by atoms with Gasteiger partial charge in [-0.05, 0) is 74.2 Å². The van der Waals surface area contributed by atoms with Crippen molar-refractivity contribution in [3.8, 4) is 17.2 Å². The third-order valence-electron chi connectivity index (χ3n) is 5.79. The van der Waals surface area contributed by atoms with Gasteiger partial charge in [-0.1, -0.05) is 6.42 Å². The van der Waals surface area contributed by atoms with Crippen LogP contribution in [0.5, 0.6) is 17.2 Å². The van der Waals surface area contributed by atoms with Crippen molar-refractivity contribution >= 4 is 15.9 Å². The zero-order valence-electron chi connectivity index (χ0n) is 20.1. The smallest absolute Gasteiger partial charge is 0.243 e. The zero-order chi connectivity index (χ0) is 24.6. The Bertz CT molecular complexity index is 1050. The molecule has 34 heavy (non-hydrogen) atoms. The van der Waals surface area contributed by atoms with Gasteiger partial charge in [0.25, 0.3) is 0 Å². The number of benzene rings is 2. The second-order valence-corrected chi connectivity index (χ2v) is 10.3. The van der Waals surface area contributed by atoms with Crippen molar-refractivity contribution in [3.05, 3.63) is 48.0 Å². The number of ether oxygens (including phenoxy) is 3. The molecule has 3 rings (SSSR count). The van der Waals surface area contributed by atoms with Gasteiger partial charge in [-0.2, -0.15) is 4.31 Å². The second kappa shape index (κ2) is 12.1. The Morgan fingerprint density at radius 2 is 1.68 bits per heavy atom. The third-order valence-corrected chi connectivity index (χ3v) is 7.69. The number of carbonyl (C=O) groups is 1. The van der Waals surface area contributed by atoms with Crippen LogP contribution < -0.4 is 19.5 Å². The maximum atomic E-state index is 13.0. The number of hydrogen-bond acceptors (Lipinski definition) is 6. The van der Waals surface area contributed by atoms with E-state index < -0.39 is 10.0 Å². The number of nitrogens with zero attached hydrogens (tertiary/aromatic N) is 1.